The summed E-state index contributed by atoms with van der Waals surface area (Å²) in [6, 6.07) is 3.37. The molecule has 4 heteroatoms. The monoisotopic (exact) mass is 252 g/mol. The van der Waals surface area contributed by atoms with Gasteiger partial charge in [0.05, 0.1) is 13.5 Å². The molecule has 0 saturated heterocycles. The fraction of sp³-hybridized carbons (Fsp3) is 0.500. The summed E-state index contributed by atoms with van der Waals surface area (Å²) in [5, 5.41) is 8.98. The Balaban J connectivity index is 2.44. The third kappa shape index (κ3) is 2.47. The zero-order valence-electron chi connectivity index (χ0n) is 10.6. The van der Waals surface area contributed by atoms with Gasteiger partial charge in [-0.15, -0.1) is 0 Å². The molecule has 0 heterocycles. The first-order chi connectivity index (χ1) is 8.54. The topological polar surface area (TPSA) is 46.5 Å². The number of aliphatic carboxylic acids is 1. The molecule has 0 bridgehead atoms. The van der Waals surface area contributed by atoms with E-state index in [4.69, 9.17) is 9.84 Å². The van der Waals surface area contributed by atoms with E-state index in [1.807, 2.05) is 0 Å². The molecule has 0 aromatic heterocycles. The zero-order chi connectivity index (χ0) is 13.3. The molecule has 3 nitrogen and oxygen atoms in total. The summed E-state index contributed by atoms with van der Waals surface area (Å²) in [7, 11) is 1.48. The van der Waals surface area contributed by atoms with Gasteiger partial charge < -0.3 is 9.84 Å². The van der Waals surface area contributed by atoms with Crippen molar-refractivity contribution in [2.75, 3.05) is 7.11 Å². The van der Waals surface area contributed by atoms with Crippen molar-refractivity contribution >= 4 is 5.97 Å². The highest BCUT2D eigenvalue weighted by molar-refractivity contribution is 5.68. The van der Waals surface area contributed by atoms with Crippen LogP contribution >= 0.6 is 0 Å². The molecule has 1 aliphatic rings. The molecule has 1 aromatic rings. The molecule has 0 radical (unpaired) electrons. The lowest BCUT2D eigenvalue weighted by atomic mass is 9.88. The van der Waals surface area contributed by atoms with E-state index in [-0.39, 0.29) is 24.1 Å². The van der Waals surface area contributed by atoms with Crippen LogP contribution < -0.4 is 4.74 Å². The van der Waals surface area contributed by atoms with Gasteiger partial charge in [0, 0.05) is 11.5 Å². The number of halogens is 1. The number of rotatable bonds is 5. The second-order valence-corrected chi connectivity index (χ2v) is 4.85. The Hall–Kier alpha value is -1.58. The van der Waals surface area contributed by atoms with Crippen LogP contribution in [0.5, 0.6) is 5.75 Å². The number of ether oxygens (including phenoxy) is 1. The minimum atomic E-state index is -0.894. The summed E-state index contributed by atoms with van der Waals surface area (Å²) in [5.74, 6) is -0.776. The third-order valence-corrected chi connectivity index (χ3v) is 3.51. The van der Waals surface area contributed by atoms with Crippen molar-refractivity contribution in [2.45, 2.75) is 32.1 Å². The molecule has 0 aliphatic heterocycles. The summed E-state index contributed by atoms with van der Waals surface area (Å²) in [5.41, 5.74) is 0.962. The molecule has 2 rings (SSSR count). The van der Waals surface area contributed by atoms with Gasteiger partial charge in [-0.05, 0) is 37.3 Å². The van der Waals surface area contributed by atoms with Gasteiger partial charge in [0.25, 0.3) is 0 Å². The summed E-state index contributed by atoms with van der Waals surface area (Å²) in [6.45, 7) is 1.68. The van der Waals surface area contributed by atoms with E-state index in [9.17, 15) is 9.18 Å². The highest BCUT2D eigenvalue weighted by atomic mass is 19.1. The smallest absolute Gasteiger partial charge is 0.303 e. The zero-order valence-corrected chi connectivity index (χ0v) is 10.6. The molecule has 1 saturated carbocycles. The molecule has 0 amide bonds. The maximum absolute atomic E-state index is 14.3. The second kappa shape index (κ2) is 4.96. The number of carbonyl (C=O) groups is 1. The SMILES string of the molecule is COc1ccc(C)c(F)c1C(CC(=O)O)C1CC1. The second-order valence-electron chi connectivity index (χ2n) is 4.85. The van der Waals surface area contributed by atoms with E-state index in [2.05, 4.69) is 0 Å². The van der Waals surface area contributed by atoms with Crippen molar-refractivity contribution in [3.05, 3.63) is 29.1 Å². The first kappa shape index (κ1) is 12.9. The molecule has 1 aromatic carbocycles. The van der Waals surface area contributed by atoms with Gasteiger partial charge in [-0.3, -0.25) is 4.79 Å². The highest BCUT2D eigenvalue weighted by Gasteiger charge is 2.37. The van der Waals surface area contributed by atoms with E-state index >= 15 is 0 Å². The predicted molar refractivity (Wildman–Crippen MR) is 65.4 cm³/mol. The molecular weight excluding hydrogens is 235 g/mol. The molecule has 1 atom stereocenters. The number of aryl methyl sites for hydroxylation is 1. The predicted octanol–water partition coefficient (Wildman–Crippen LogP) is 3.11. The van der Waals surface area contributed by atoms with Crippen LogP contribution in [0, 0.1) is 18.7 Å². The summed E-state index contributed by atoms with van der Waals surface area (Å²) >= 11 is 0. The van der Waals surface area contributed by atoms with E-state index in [1.165, 1.54) is 7.11 Å². The number of methoxy groups -OCH3 is 1. The summed E-state index contributed by atoms with van der Waals surface area (Å²) < 4.78 is 19.5. The molecule has 18 heavy (non-hydrogen) atoms. The molecule has 1 N–H and O–H groups in total. The fourth-order valence-electron chi connectivity index (χ4n) is 2.40. The van der Waals surface area contributed by atoms with Crippen LogP contribution in [0.1, 0.15) is 36.3 Å². The lowest BCUT2D eigenvalue weighted by Crippen LogP contribution is -2.12. The van der Waals surface area contributed by atoms with Gasteiger partial charge in [-0.2, -0.15) is 0 Å². The largest absolute Gasteiger partial charge is 0.496 e. The van der Waals surface area contributed by atoms with Crippen molar-refractivity contribution in [3.63, 3.8) is 0 Å². The summed E-state index contributed by atoms with van der Waals surface area (Å²) in [4.78, 5) is 10.9. The van der Waals surface area contributed by atoms with E-state index in [0.29, 0.717) is 16.9 Å². The van der Waals surface area contributed by atoms with Crippen molar-refractivity contribution in [2.24, 2.45) is 5.92 Å². The van der Waals surface area contributed by atoms with Crippen LogP contribution in [0.15, 0.2) is 12.1 Å². The Kier molecular flexibility index (Phi) is 3.55. The molecule has 98 valence electrons. The van der Waals surface area contributed by atoms with Gasteiger partial charge >= 0.3 is 5.97 Å². The van der Waals surface area contributed by atoms with E-state index < -0.39 is 5.97 Å². The van der Waals surface area contributed by atoms with Crippen LogP contribution in [0.2, 0.25) is 0 Å². The van der Waals surface area contributed by atoms with Gasteiger partial charge in [0.1, 0.15) is 11.6 Å². The van der Waals surface area contributed by atoms with Gasteiger partial charge in [-0.25, -0.2) is 4.39 Å². The normalized spacial score (nSPS) is 16.4. The van der Waals surface area contributed by atoms with Crippen LogP contribution in [0.25, 0.3) is 0 Å². The van der Waals surface area contributed by atoms with Crippen LogP contribution in [0.3, 0.4) is 0 Å². The van der Waals surface area contributed by atoms with Crippen LogP contribution in [0.4, 0.5) is 4.39 Å². The maximum atomic E-state index is 14.3. The number of hydrogen-bond acceptors (Lipinski definition) is 2. The lowest BCUT2D eigenvalue weighted by Gasteiger charge is -2.19. The van der Waals surface area contributed by atoms with Crippen molar-refractivity contribution in [1.29, 1.82) is 0 Å². The number of benzene rings is 1. The Morgan fingerprint density at radius 3 is 2.72 bits per heavy atom. The molecule has 1 fully saturated rings. The molecule has 1 unspecified atom stereocenters. The van der Waals surface area contributed by atoms with Crippen LogP contribution in [-0.2, 0) is 4.79 Å². The lowest BCUT2D eigenvalue weighted by molar-refractivity contribution is -0.137. The number of hydrogen-bond donors (Lipinski definition) is 1. The Bertz CT molecular complexity index is 466. The number of carboxylic acid groups (broad SMARTS) is 1. The van der Waals surface area contributed by atoms with Crippen molar-refractivity contribution in [3.8, 4) is 5.75 Å². The quantitative estimate of drug-likeness (QED) is 0.875. The maximum Gasteiger partial charge on any atom is 0.303 e. The fourth-order valence-corrected chi connectivity index (χ4v) is 2.40. The average Bonchev–Trinajstić information content (AvgIpc) is 3.13. The van der Waals surface area contributed by atoms with Crippen LogP contribution in [-0.4, -0.2) is 18.2 Å². The Morgan fingerprint density at radius 1 is 1.56 bits per heavy atom. The van der Waals surface area contributed by atoms with E-state index in [1.54, 1.807) is 19.1 Å². The van der Waals surface area contributed by atoms with Gasteiger partial charge in [-0.1, -0.05) is 6.07 Å². The number of carboxylic acids is 1. The van der Waals surface area contributed by atoms with Crippen molar-refractivity contribution < 1.29 is 19.0 Å². The van der Waals surface area contributed by atoms with Gasteiger partial charge in [0.2, 0.25) is 0 Å². The highest BCUT2D eigenvalue weighted by Crippen LogP contribution is 2.48. The first-order valence-corrected chi connectivity index (χ1v) is 6.09. The Morgan fingerprint density at radius 2 is 2.22 bits per heavy atom. The minimum Gasteiger partial charge on any atom is -0.496 e. The van der Waals surface area contributed by atoms with E-state index in [0.717, 1.165) is 12.8 Å². The average molecular weight is 252 g/mol. The molecular formula is C14H17FO3. The Labute approximate surface area is 106 Å². The van der Waals surface area contributed by atoms with Crippen molar-refractivity contribution in [1.82, 2.24) is 0 Å². The standard InChI is InChI=1S/C14H17FO3/c1-8-3-6-11(18-2)13(14(8)15)10(7-12(16)17)9-4-5-9/h3,6,9-10H,4-5,7H2,1-2H3,(H,16,17). The minimum absolute atomic E-state index is 0.0403. The molecule has 1 aliphatic carbocycles. The van der Waals surface area contributed by atoms with Gasteiger partial charge in [0.15, 0.2) is 0 Å². The first-order valence-electron chi connectivity index (χ1n) is 6.09. The molecule has 0 spiro atoms. The summed E-state index contributed by atoms with van der Waals surface area (Å²) in [6.07, 6.45) is 1.89. The third-order valence-electron chi connectivity index (χ3n) is 3.51.